The molecule has 1 atom stereocenters. The fraction of sp³-hybridized carbons (Fsp3) is 0.545. The van der Waals surface area contributed by atoms with Gasteiger partial charge in [0.05, 0.1) is 11.6 Å². The maximum Gasteiger partial charge on any atom is 0.226 e. The van der Waals surface area contributed by atoms with Crippen LogP contribution in [0.5, 0.6) is 0 Å². The molecule has 1 unspecified atom stereocenters. The maximum atomic E-state index is 5.91. The second-order valence-corrected chi connectivity index (χ2v) is 5.06. The van der Waals surface area contributed by atoms with E-state index in [1.54, 1.807) is 6.20 Å². The number of nitrogens with zero attached hydrogens (tertiary/aromatic N) is 4. The summed E-state index contributed by atoms with van der Waals surface area (Å²) >= 11 is 5.91. The maximum absolute atomic E-state index is 5.91. The van der Waals surface area contributed by atoms with E-state index in [2.05, 4.69) is 37.4 Å². The van der Waals surface area contributed by atoms with Crippen molar-refractivity contribution < 1.29 is 0 Å². The highest BCUT2D eigenvalue weighted by molar-refractivity contribution is 6.28. The van der Waals surface area contributed by atoms with Crippen molar-refractivity contribution in [2.75, 3.05) is 25.5 Å². The smallest absolute Gasteiger partial charge is 0.226 e. The van der Waals surface area contributed by atoms with Crippen LogP contribution in [0.4, 0.5) is 5.82 Å². The Hall–Kier alpha value is -1.40. The van der Waals surface area contributed by atoms with Crippen LogP contribution in [0.2, 0.25) is 5.28 Å². The van der Waals surface area contributed by atoms with E-state index in [0.29, 0.717) is 11.7 Å². The van der Waals surface area contributed by atoms with E-state index in [9.17, 15) is 0 Å². The van der Waals surface area contributed by atoms with Crippen molar-refractivity contribution in [3.8, 4) is 0 Å². The molecule has 0 saturated carbocycles. The molecule has 3 rings (SSSR count). The first-order valence-corrected chi connectivity index (χ1v) is 6.42. The zero-order valence-corrected chi connectivity index (χ0v) is 10.9. The first kappa shape index (κ1) is 11.7. The molecule has 3 heterocycles. The largest absolute Gasteiger partial charge is 0.365 e. The summed E-state index contributed by atoms with van der Waals surface area (Å²) < 4.78 is 0. The number of hydrogen-bond donors (Lipinski definition) is 2. The number of H-pyrrole nitrogens is 1. The summed E-state index contributed by atoms with van der Waals surface area (Å²) in [5.74, 6) is 0.763. The number of aromatic amines is 1. The zero-order chi connectivity index (χ0) is 12.5. The van der Waals surface area contributed by atoms with Gasteiger partial charge in [-0.1, -0.05) is 0 Å². The van der Waals surface area contributed by atoms with Crippen molar-refractivity contribution in [3.63, 3.8) is 0 Å². The van der Waals surface area contributed by atoms with E-state index in [1.807, 2.05) is 0 Å². The van der Waals surface area contributed by atoms with Gasteiger partial charge in [-0.25, -0.2) is 0 Å². The Bertz CT molecular complexity index is 553. The van der Waals surface area contributed by atoms with E-state index >= 15 is 0 Å². The minimum atomic E-state index is 0.235. The molecule has 2 aromatic heterocycles. The average Bonchev–Trinajstić information content (AvgIpc) is 2.77. The van der Waals surface area contributed by atoms with Crippen molar-refractivity contribution in [1.29, 1.82) is 0 Å². The number of likely N-dealkylation sites (tertiary alicyclic amines) is 1. The summed E-state index contributed by atoms with van der Waals surface area (Å²) in [5, 5.41) is 11.3. The highest BCUT2D eigenvalue weighted by atomic mass is 35.5. The number of rotatable bonds is 2. The standard InChI is InChI=1S/C11H15ClN6/c1-18-4-2-3-7(6-18)14-9-8-5-13-17-10(8)16-11(12)15-9/h5,7H,2-4,6H2,1H3,(H2,13,14,15,16,17). The van der Waals surface area contributed by atoms with Crippen molar-refractivity contribution in [3.05, 3.63) is 11.5 Å². The molecule has 0 radical (unpaired) electrons. The average molecular weight is 267 g/mol. The molecule has 1 saturated heterocycles. The van der Waals surface area contributed by atoms with Crippen LogP contribution in [-0.2, 0) is 0 Å². The molecule has 7 heteroatoms. The van der Waals surface area contributed by atoms with Crippen LogP contribution < -0.4 is 5.32 Å². The van der Waals surface area contributed by atoms with Crippen LogP contribution in [0, 0.1) is 0 Å². The number of fused-ring (bicyclic) bond motifs is 1. The molecule has 0 amide bonds. The number of piperidine rings is 1. The highest BCUT2D eigenvalue weighted by Gasteiger charge is 2.19. The predicted molar refractivity (Wildman–Crippen MR) is 70.8 cm³/mol. The van der Waals surface area contributed by atoms with Gasteiger partial charge in [0.2, 0.25) is 5.28 Å². The Morgan fingerprint density at radius 1 is 1.50 bits per heavy atom. The molecule has 0 aliphatic carbocycles. The number of hydrogen-bond acceptors (Lipinski definition) is 5. The SMILES string of the molecule is CN1CCCC(Nc2nc(Cl)nc3[nH]ncc23)C1. The van der Waals surface area contributed by atoms with E-state index in [0.717, 1.165) is 30.7 Å². The molecule has 6 nitrogen and oxygen atoms in total. The topological polar surface area (TPSA) is 69.7 Å². The molecule has 96 valence electrons. The second-order valence-electron chi connectivity index (χ2n) is 4.72. The van der Waals surface area contributed by atoms with E-state index in [4.69, 9.17) is 11.6 Å². The Morgan fingerprint density at radius 3 is 3.22 bits per heavy atom. The molecule has 1 aliphatic heterocycles. The van der Waals surface area contributed by atoms with Crippen molar-refractivity contribution >= 4 is 28.5 Å². The van der Waals surface area contributed by atoms with Gasteiger partial charge in [0.1, 0.15) is 5.82 Å². The lowest BCUT2D eigenvalue weighted by molar-refractivity contribution is 0.261. The molecule has 1 fully saturated rings. The lowest BCUT2D eigenvalue weighted by Crippen LogP contribution is -2.39. The molecule has 0 spiro atoms. The van der Waals surface area contributed by atoms with Crippen molar-refractivity contribution in [2.45, 2.75) is 18.9 Å². The molecular formula is C11H15ClN6. The van der Waals surface area contributed by atoms with Gasteiger partial charge in [0.15, 0.2) is 5.65 Å². The number of nitrogens with one attached hydrogen (secondary N) is 2. The van der Waals surface area contributed by atoms with Gasteiger partial charge in [-0.2, -0.15) is 15.1 Å². The third-order valence-corrected chi connectivity index (χ3v) is 3.42. The molecule has 18 heavy (non-hydrogen) atoms. The monoisotopic (exact) mass is 266 g/mol. The Labute approximate surface area is 110 Å². The Kier molecular flexibility index (Phi) is 3.05. The number of anilines is 1. The van der Waals surface area contributed by atoms with Crippen molar-refractivity contribution in [2.24, 2.45) is 0 Å². The van der Waals surface area contributed by atoms with Gasteiger partial charge < -0.3 is 10.2 Å². The summed E-state index contributed by atoms with van der Waals surface area (Å²) in [6.07, 6.45) is 4.06. The fourth-order valence-electron chi connectivity index (χ4n) is 2.40. The fourth-order valence-corrected chi connectivity index (χ4v) is 2.56. The lowest BCUT2D eigenvalue weighted by atomic mass is 10.1. The minimum absolute atomic E-state index is 0.235. The molecular weight excluding hydrogens is 252 g/mol. The lowest BCUT2D eigenvalue weighted by Gasteiger charge is -2.30. The Morgan fingerprint density at radius 2 is 2.39 bits per heavy atom. The van der Waals surface area contributed by atoms with Crippen LogP contribution >= 0.6 is 11.6 Å². The van der Waals surface area contributed by atoms with Crippen LogP contribution in [0.25, 0.3) is 11.0 Å². The van der Waals surface area contributed by atoms with Gasteiger partial charge in [0, 0.05) is 12.6 Å². The first-order valence-electron chi connectivity index (χ1n) is 6.04. The molecule has 0 aromatic carbocycles. The van der Waals surface area contributed by atoms with Gasteiger partial charge in [-0.15, -0.1) is 0 Å². The number of halogens is 1. The second kappa shape index (κ2) is 4.70. The van der Waals surface area contributed by atoms with Crippen molar-refractivity contribution in [1.82, 2.24) is 25.1 Å². The summed E-state index contributed by atoms with van der Waals surface area (Å²) in [6, 6.07) is 0.396. The summed E-state index contributed by atoms with van der Waals surface area (Å²) in [6.45, 7) is 2.17. The third-order valence-electron chi connectivity index (χ3n) is 3.25. The van der Waals surface area contributed by atoms with E-state index in [1.165, 1.54) is 6.42 Å². The van der Waals surface area contributed by atoms with E-state index in [-0.39, 0.29) is 5.28 Å². The zero-order valence-electron chi connectivity index (χ0n) is 10.1. The molecule has 1 aliphatic rings. The third kappa shape index (κ3) is 2.26. The van der Waals surface area contributed by atoms with Crippen LogP contribution in [0.15, 0.2) is 6.20 Å². The van der Waals surface area contributed by atoms with Gasteiger partial charge >= 0.3 is 0 Å². The first-order chi connectivity index (χ1) is 8.72. The summed E-state index contributed by atoms with van der Waals surface area (Å²) in [5.41, 5.74) is 0.668. The normalized spacial score (nSPS) is 21.3. The molecule has 2 N–H and O–H groups in total. The Balaban J connectivity index is 1.87. The minimum Gasteiger partial charge on any atom is -0.365 e. The predicted octanol–water partition coefficient (Wildman–Crippen LogP) is 1.51. The highest BCUT2D eigenvalue weighted by Crippen LogP contribution is 2.22. The number of likely N-dealkylation sites (N-methyl/N-ethyl adjacent to an activating group) is 1. The summed E-state index contributed by atoms with van der Waals surface area (Å²) in [7, 11) is 2.13. The van der Waals surface area contributed by atoms with Gasteiger partial charge in [-0.3, -0.25) is 5.10 Å². The summed E-state index contributed by atoms with van der Waals surface area (Å²) in [4.78, 5) is 10.7. The molecule has 2 aromatic rings. The van der Waals surface area contributed by atoms with Crippen LogP contribution in [-0.4, -0.2) is 51.2 Å². The van der Waals surface area contributed by atoms with Gasteiger partial charge in [0.25, 0.3) is 0 Å². The van der Waals surface area contributed by atoms with Gasteiger partial charge in [-0.05, 0) is 38.0 Å². The molecule has 0 bridgehead atoms. The van der Waals surface area contributed by atoms with Crippen LogP contribution in [0.1, 0.15) is 12.8 Å². The quantitative estimate of drug-likeness (QED) is 0.807. The van der Waals surface area contributed by atoms with Crippen LogP contribution in [0.3, 0.4) is 0 Å². The van der Waals surface area contributed by atoms with E-state index < -0.39 is 0 Å². The number of aromatic nitrogens is 4.